The van der Waals surface area contributed by atoms with Crippen LogP contribution in [0.3, 0.4) is 0 Å². The zero-order chi connectivity index (χ0) is 15.6. The van der Waals surface area contributed by atoms with Crippen LogP contribution < -0.4 is 5.32 Å². The van der Waals surface area contributed by atoms with Crippen molar-refractivity contribution in [1.82, 2.24) is 9.88 Å². The van der Waals surface area contributed by atoms with Crippen molar-refractivity contribution >= 4 is 5.69 Å². The molecule has 0 amide bonds. The first-order chi connectivity index (χ1) is 9.88. The smallest absolute Gasteiger partial charge is 0.253 e. The number of pyridine rings is 1. The van der Waals surface area contributed by atoms with E-state index in [4.69, 9.17) is 0 Å². The number of rotatable bonds is 4. The molecular formula is C14H17F4N3. The molecule has 0 aromatic carbocycles. The minimum atomic E-state index is -1.64. The first-order valence-electron chi connectivity index (χ1n) is 6.71. The van der Waals surface area contributed by atoms with Crippen molar-refractivity contribution in [2.24, 2.45) is 0 Å². The maximum absolute atomic E-state index is 13.5. The number of piperidine rings is 1. The van der Waals surface area contributed by atoms with Crippen LogP contribution in [0.5, 0.6) is 0 Å². The summed E-state index contributed by atoms with van der Waals surface area (Å²) in [6.07, 6.45) is 1.25. The number of hydrogen-bond donors (Lipinski definition) is 1. The lowest BCUT2D eigenvalue weighted by molar-refractivity contribution is 0.235. The number of anilines is 1. The van der Waals surface area contributed by atoms with Gasteiger partial charge in [0.2, 0.25) is 11.6 Å². The number of aromatic nitrogens is 1. The number of likely N-dealkylation sites (tertiary alicyclic amines) is 1. The largest absolute Gasteiger partial charge is 0.377 e. The van der Waals surface area contributed by atoms with E-state index in [9.17, 15) is 17.6 Å². The molecule has 3 nitrogen and oxygen atoms in total. The predicted molar refractivity (Wildman–Crippen MR) is 72.0 cm³/mol. The molecule has 1 saturated heterocycles. The average molecular weight is 303 g/mol. The van der Waals surface area contributed by atoms with Gasteiger partial charge in [-0.05, 0) is 19.8 Å². The zero-order valence-electron chi connectivity index (χ0n) is 11.7. The summed E-state index contributed by atoms with van der Waals surface area (Å²) in [5.74, 6) is -6.26. The maximum Gasteiger partial charge on any atom is 0.253 e. The van der Waals surface area contributed by atoms with Crippen LogP contribution in [0, 0.1) is 23.5 Å². The van der Waals surface area contributed by atoms with Crippen LogP contribution in [0.25, 0.3) is 0 Å². The van der Waals surface area contributed by atoms with E-state index in [0.29, 0.717) is 12.8 Å². The molecule has 0 radical (unpaired) electrons. The molecule has 1 aliphatic rings. The first kappa shape index (κ1) is 15.8. The second-order valence-electron chi connectivity index (χ2n) is 5.35. The topological polar surface area (TPSA) is 28.2 Å². The second kappa shape index (κ2) is 6.43. The standard InChI is InChI=1S/C14H17F4N3/c1-8(2)7-21-5-3-9(4-6-21)19-12-10(15)13(17)20-14(18)11(12)16/h9H,1,3-7H2,2H3,(H,19,20). The maximum atomic E-state index is 13.5. The van der Waals surface area contributed by atoms with Gasteiger partial charge in [0.05, 0.1) is 0 Å². The lowest BCUT2D eigenvalue weighted by Gasteiger charge is -2.33. The van der Waals surface area contributed by atoms with Gasteiger partial charge >= 0.3 is 0 Å². The van der Waals surface area contributed by atoms with Crippen LogP contribution in [0.2, 0.25) is 0 Å². The predicted octanol–water partition coefficient (Wildman–Crippen LogP) is 3.09. The minimum Gasteiger partial charge on any atom is -0.377 e. The van der Waals surface area contributed by atoms with E-state index in [1.54, 1.807) is 0 Å². The summed E-state index contributed by atoms with van der Waals surface area (Å²) in [6, 6.07) is -0.239. The number of nitrogens with one attached hydrogen (secondary N) is 1. The summed E-state index contributed by atoms with van der Waals surface area (Å²) < 4.78 is 53.1. The Morgan fingerprint density at radius 3 is 2.19 bits per heavy atom. The fraction of sp³-hybridized carbons (Fsp3) is 0.500. The van der Waals surface area contributed by atoms with Gasteiger partial charge in [-0.15, -0.1) is 0 Å². The van der Waals surface area contributed by atoms with Crippen molar-refractivity contribution in [3.8, 4) is 0 Å². The molecule has 0 bridgehead atoms. The highest BCUT2D eigenvalue weighted by Gasteiger charge is 2.25. The van der Waals surface area contributed by atoms with E-state index >= 15 is 0 Å². The van der Waals surface area contributed by atoms with Gasteiger partial charge in [-0.25, -0.2) is 0 Å². The molecule has 0 aliphatic carbocycles. The molecule has 116 valence electrons. The Bertz CT molecular complexity index is 513. The Morgan fingerprint density at radius 1 is 1.19 bits per heavy atom. The Morgan fingerprint density at radius 2 is 1.71 bits per heavy atom. The van der Waals surface area contributed by atoms with Gasteiger partial charge in [0.1, 0.15) is 5.69 Å². The van der Waals surface area contributed by atoms with Crippen LogP contribution in [0.15, 0.2) is 12.2 Å². The van der Waals surface area contributed by atoms with Crippen molar-refractivity contribution < 1.29 is 17.6 Å². The van der Waals surface area contributed by atoms with E-state index in [-0.39, 0.29) is 6.04 Å². The fourth-order valence-electron chi connectivity index (χ4n) is 2.43. The molecule has 1 aliphatic heterocycles. The Kier molecular flexibility index (Phi) is 4.82. The minimum absolute atomic E-state index is 0.239. The van der Waals surface area contributed by atoms with E-state index in [0.717, 1.165) is 25.2 Å². The summed E-state index contributed by atoms with van der Waals surface area (Å²) in [7, 11) is 0. The van der Waals surface area contributed by atoms with Crippen LogP contribution in [-0.4, -0.2) is 35.6 Å². The van der Waals surface area contributed by atoms with Gasteiger partial charge in [0, 0.05) is 25.7 Å². The van der Waals surface area contributed by atoms with Crippen molar-refractivity contribution in [3.05, 3.63) is 35.7 Å². The summed E-state index contributed by atoms with van der Waals surface area (Å²) in [6.45, 7) is 7.98. The van der Waals surface area contributed by atoms with Crippen LogP contribution in [0.4, 0.5) is 23.2 Å². The first-order valence-corrected chi connectivity index (χ1v) is 6.71. The summed E-state index contributed by atoms with van der Waals surface area (Å²) >= 11 is 0. The van der Waals surface area contributed by atoms with E-state index in [2.05, 4.69) is 21.8 Å². The SMILES string of the molecule is C=C(C)CN1CCC(Nc2c(F)c(F)nc(F)c2F)CC1. The number of hydrogen-bond acceptors (Lipinski definition) is 3. The van der Waals surface area contributed by atoms with Crippen LogP contribution in [-0.2, 0) is 0 Å². The Balaban J connectivity index is 2.03. The summed E-state index contributed by atoms with van der Waals surface area (Å²) in [4.78, 5) is 4.70. The van der Waals surface area contributed by atoms with E-state index in [1.807, 2.05) is 6.92 Å². The van der Waals surface area contributed by atoms with Crippen molar-refractivity contribution in [3.63, 3.8) is 0 Å². The zero-order valence-corrected chi connectivity index (χ0v) is 11.7. The van der Waals surface area contributed by atoms with Crippen molar-refractivity contribution in [2.45, 2.75) is 25.8 Å². The summed E-state index contributed by atoms with van der Waals surface area (Å²) in [5, 5.41) is 2.55. The monoisotopic (exact) mass is 303 g/mol. The lowest BCUT2D eigenvalue weighted by Crippen LogP contribution is -2.40. The van der Waals surface area contributed by atoms with Crippen LogP contribution in [0.1, 0.15) is 19.8 Å². The van der Waals surface area contributed by atoms with Gasteiger partial charge in [0.15, 0.2) is 0 Å². The third-order valence-electron chi connectivity index (χ3n) is 3.43. The van der Waals surface area contributed by atoms with Gasteiger partial charge in [-0.3, -0.25) is 4.90 Å². The molecule has 1 aromatic heterocycles. The molecule has 0 spiro atoms. The Hall–Kier alpha value is -1.63. The van der Waals surface area contributed by atoms with Gasteiger partial charge in [0.25, 0.3) is 11.9 Å². The van der Waals surface area contributed by atoms with E-state index < -0.39 is 29.2 Å². The number of halogens is 4. The number of nitrogens with zero attached hydrogens (tertiary/aromatic N) is 2. The summed E-state index contributed by atoms with van der Waals surface area (Å²) in [5.41, 5.74) is 0.259. The highest BCUT2D eigenvalue weighted by atomic mass is 19.2. The van der Waals surface area contributed by atoms with Gasteiger partial charge in [-0.1, -0.05) is 12.2 Å². The normalized spacial score (nSPS) is 17.0. The van der Waals surface area contributed by atoms with Crippen molar-refractivity contribution in [2.75, 3.05) is 25.0 Å². The lowest BCUT2D eigenvalue weighted by atomic mass is 10.0. The highest BCUT2D eigenvalue weighted by molar-refractivity contribution is 5.46. The van der Waals surface area contributed by atoms with Gasteiger partial charge < -0.3 is 5.32 Å². The molecule has 0 atom stereocenters. The van der Waals surface area contributed by atoms with Crippen LogP contribution >= 0.6 is 0 Å². The Labute approximate surface area is 120 Å². The molecule has 7 heteroatoms. The van der Waals surface area contributed by atoms with Gasteiger partial charge in [-0.2, -0.15) is 22.5 Å². The average Bonchev–Trinajstić information content (AvgIpc) is 2.43. The molecule has 2 rings (SSSR count). The molecule has 0 unspecified atom stereocenters. The third-order valence-corrected chi connectivity index (χ3v) is 3.43. The second-order valence-corrected chi connectivity index (χ2v) is 5.35. The molecule has 1 aromatic rings. The fourth-order valence-corrected chi connectivity index (χ4v) is 2.43. The van der Waals surface area contributed by atoms with E-state index in [1.165, 1.54) is 0 Å². The molecular weight excluding hydrogens is 286 g/mol. The quantitative estimate of drug-likeness (QED) is 0.526. The third kappa shape index (κ3) is 3.72. The highest BCUT2D eigenvalue weighted by Crippen LogP contribution is 2.25. The molecule has 1 fully saturated rings. The molecule has 1 N–H and O–H groups in total. The molecule has 21 heavy (non-hydrogen) atoms. The molecule has 2 heterocycles. The molecule has 0 saturated carbocycles. The van der Waals surface area contributed by atoms with Crippen molar-refractivity contribution in [1.29, 1.82) is 0 Å².